The van der Waals surface area contributed by atoms with Crippen molar-refractivity contribution >= 4 is 11.7 Å². The van der Waals surface area contributed by atoms with Crippen LogP contribution in [0.5, 0.6) is 0 Å². The van der Waals surface area contributed by atoms with Gasteiger partial charge in [0.05, 0.1) is 6.04 Å². The van der Waals surface area contributed by atoms with Crippen molar-refractivity contribution in [2.75, 3.05) is 6.61 Å². The van der Waals surface area contributed by atoms with E-state index in [-0.39, 0.29) is 18.1 Å². The summed E-state index contributed by atoms with van der Waals surface area (Å²) in [5, 5.41) is 0. The van der Waals surface area contributed by atoms with Crippen molar-refractivity contribution in [3.63, 3.8) is 0 Å². The van der Waals surface area contributed by atoms with Gasteiger partial charge < -0.3 is 4.74 Å². The van der Waals surface area contributed by atoms with Gasteiger partial charge in [0.2, 0.25) is 0 Å². The first-order valence-electron chi connectivity index (χ1n) is 8.85. The SMILES string of the molecule is CC(C)[C@@H]1COC(=O)N1/C=C(/c1ccccc1)[C@H](C)c1ccccc1. The van der Waals surface area contributed by atoms with Crippen molar-refractivity contribution in [1.29, 1.82) is 0 Å². The first-order chi connectivity index (χ1) is 12.1. The third kappa shape index (κ3) is 3.76. The van der Waals surface area contributed by atoms with Crippen molar-refractivity contribution in [3.05, 3.63) is 78.0 Å². The lowest BCUT2D eigenvalue weighted by Gasteiger charge is -2.25. The van der Waals surface area contributed by atoms with E-state index < -0.39 is 0 Å². The molecule has 1 saturated heterocycles. The highest BCUT2D eigenvalue weighted by Gasteiger charge is 2.34. The lowest BCUT2D eigenvalue weighted by Crippen LogP contribution is -2.33. The molecule has 2 aromatic carbocycles. The molecular weight excluding hydrogens is 310 g/mol. The number of allylic oxidation sites excluding steroid dienone is 1. The van der Waals surface area contributed by atoms with Gasteiger partial charge >= 0.3 is 6.09 Å². The van der Waals surface area contributed by atoms with E-state index >= 15 is 0 Å². The largest absolute Gasteiger partial charge is 0.447 e. The normalized spacial score (nSPS) is 19.2. The number of carbonyl (C=O) groups excluding carboxylic acids is 1. The minimum atomic E-state index is -0.257. The Morgan fingerprint density at radius 1 is 1.04 bits per heavy atom. The molecule has 1 heterocycles. The molecule has 0 N–H and O–H groups in total. The van der Waals surface area contributed by atoms with E-state index in [0.717, 1.165) is 11.1 Å². The molecule has 0 saturated carbocycles. The molecule has 0 radical (unpaired) electrons. The summed E-state index contributed by atoms with van der Waals surface area (Å²) in [5.74, 6) is 0.511. The summed E-state index contributed by atoms with van der Waals surface area (Å²) in [6, 6.07) is 20.7. The van der Waals surface area contributed by atoms with E-state index in [1.807, 2.05) is 30.5 Å². The molecule has 2 atom stereocenters. The van der Waals surface area contributed by atoms with Gasteiger partial charge in [-0.15, -0.1) is 0 Å². The number of nitrogens with zero attached hydrogens (tertiary/aromatic N) is 1. The Bertz CT molecular complexity index is 737. The molecule has 3 rings (SSSR count). The predicted molar refractivity (Wildman–Crippen MR) is 101 cm³/mol. The van der Waals surface area contributed by atoms with Gasteiger partial charge in [-0.2, -0.15) is 0 Å². The molecule has 0 unspecified atom stereocenters. The molecule has 1 amide bonds. The van der Waals surface area contributed by atoms with Crippen molar-refractivity contribution in [3.8, 4) is 0 Å². The van der Waals surface area contributed by atoms with Crippen LogP contribution in [-0.2, 0) is 4.74 Å². The molecule has 2 aromatic rings. The average molecular weight is 335 g/mol. The summed E-state index contributed by atoms with van der Waals surface area (Å²) < 4.78 is 5.30. The third-order valence-corrected chi connectivity index (χ3v) is 4.87. The van der Waals surface area contributed by atoms with E-state index in [4.69, 9.17) is 4.74 Å². The van der Waals surface area contributed by atoms with Crippen LogP contribution in [0.1, 0.15) is 37.8 Å². The highest BCUT2D eigenvalue weighted by Crippen LogP contribution is 2.33. The monoisotopic (exact) mass is 335 g/mol. The fourth-order valence-electron chi connectivity index (χ4n) is 3.25. The molecule has 3 nitrogen and oxygen atoms in total. The Morgan fingerprint density at radius 2 is 1.64 bits per heavy atom. The molecule has 1 aliphatic heterocycles. The molecule has 1 fully saturated rings. The Morgan fingerprint density at radius 3 is 2.24 bits per heavy atom. The number of benzene rings is 2. The number of hydrogen-bond acceptors (Lipinski definition) is 2. The smallest absolute Gasteiger partial charge is 0.414 e. The second-order valence-corrected chi connectivity index (χ2v) is 6.88. The Hall–Kier alpha value is -2.55. The number of cyclic esters (lactones) is 1. The van der Waals surface area contributed by atoms with Crippen LogP contribution >= 0.6 is 0 Å². The molecule has 0 aliphatic carbocycles. The van der Waals surface area contributed by atoms with Crippen LogP contribution in [0, 0.1) is 5.92 Å². The Kier molecular flexibility index (Phi) is 5.22. The molecule has 1 aliphatic rings. The molecule has 0 bridgehead atoms. The topological polar surface area (TPSA) is 29.5 Å². The highest BCUT2D eigenvalue weighted by atomic mass is 16.6. The zero-order valence-corrected chi connectivity index (χ0v) is 15.1. The first kappa shape index (κ1) is 17.3. The Labute approximate surface area is 149 Å². The Balaban J connectivity index is 2.03. The van der Waals surface area contributed by atoms with Crippen LogP contribution < -0.4 is 0 Å². The summed E-state index contributed by atoms with van der Waals surface area (Å²) >= 11 is 0. The summed E-state index contributed by atoms with van der Waals surface area (Å²) in [6.45, 7) is 6.88. The second kappa shape index (κ2) is 7.56. The number of rotatable bonds is 5. The molecule has 130 valence electrons. The fourth-order valence-corrected chi connectivity index (χ4v) is 3.25. The van der Waals surface area contributed by atoms with Gasteiger partial charge in [0.25, 0.3) is 0 Å². The van der Waals surface area contributed by atoms with E-state index in [1.165, 1.54) is 5.56 Å². The van der Waals surface area contributed by atoms with Crippen molar-refractivity contribution < 1.29 is 9.53 Å². The molecule has 0 aromatic heterocycles. The summed E-state index contributed by atoms with van der Waals surface area (Å²) in [7, 11) is 0. The summed E-state index contributed by atoms with van der Waals surface area (Å²) in [5.41, 5.74) is 3.48. The minimum Gasteiger partial charge on any atom is -0.447 e. The quantitative estimate of drug-likeness (QED) is 0.741. The van der Waals surface area contributed by atoms with Gasteiger partial charge in [0, 0.05) is 12.1 Å². The van der Waals surface area contributed by atoms with Crippen LogP contribution in [0.15, 0.2) is 66.9 Å². The molecule has 3 heteroatoms. The fraction of sp³-hybridized carbons (Fsp3) is 0.318. The number of ether oxygens (including phenoxy) is 1. The first-order valence-corrected chi connectivity index (χ1v) is 8.85. The third-order valence-electron chi connectivity index (χ3n) is 4.87. The lowest BCUT2D eigenvalue weighted by atomic mass is 9.88. The van der Waals surface area contributed by atoms with Crippen molar-refractivity contribution in [1.82, 2.24) is 4.90 Å². The minimum absolute atomic E-state index is 0.0779. The van der Waals surface area contributed by atoms with Gasteiger partial charge in [-0.25, -0.2) is 4.79 Å². The zero-order chi connectivity index (χ0) is 17.8. The highest BCUT2D eigenvalue weighted by molar-refractivity contribution is 5.77. The number of hydrogen-bond donors (Lipinski definition) is 0. The van der Waals surface area contributed by atoms with Crippen molar-refractivity contribution in [2.45, 2.75) is 32.7 Å². The van der Waals surface area contributed by atoms with E-state index in [2.05, 4.69) is 57.2 Å². The predicted octanol–water partition coefficient (Wildman–Crippen LogP) is 5.31. The van der Waals surface area contributed by atoms with Crippen LogP contribution in [-0.4, -0.2) is 23.6 Å². The molecule has 25 heavy (non-hydrogen) atoms. The molecule has 0 spiro atoms. The van der Waals surface area contributed by atoms with E-state index in [1.54, 1.807) is 4.90 Å². The zero-order valence-electron chi connectivity index (χ0n) is 15.1. The number of carbonyl (C=O) groups is 1. The maximum Gasteiger partial charge on any atom is 0.414 e. The van der Waals surface area contributed by atoms with Gasteiger partial charge in [0.15, 0.2) is 0 Å². The second-order valence-electron chi connectivity index (χ2n) is 6.88. The van der Waals surface area contributed by atoms with Crippen molar-refractivity contribution in [2.24, 2.45) is 5.92 Å². The summed E-state index contributed by atoms with van der Waals surface area (Å²) in [6.07, 6.45) is 1.74. The van der Waals surface area contributed by atoms with Crippen LogP contribution in [0.3, 0.4) is 0 Å². The van der Waals surface area contributed by atoms with E-state index in [9.17, 15) is 4.79 Å². The standard InChI is InChI=1S/C22H25NO2/c1-16(2)21-15-25-22(24)23(21)14-20(19-12-8-5-9-13-19)17(3)18-10-6-4-7-11-18/h4-14,16-17,21H,15H2,1-3H3/b20-14+/t17-,21+/m1/s1. The van der Waals surface area contributed by atoms with Gasteiger partial charge in [-0.05, 0) is 22.6 Å². The lowest BCUT2D eigenvalue weighted by molar-refractivity contribution is 0.166. The van der Waals surface area contributed by atoms with Gasteiger partial charge in [-0.3, -0.25) is 4.90 Å². The van der Waals surface area contributed by atoms with E-state index in [0.29, 0.717) is 12.5 Å². The van der Waals surface area contributed by atoms with Gasteiger partial charge in [0.1, 0.15) is 6.61 Å². The van der Waals surface area contributed by atoms with Gasteiger partial charge in [-0.1, -0.05) is 81.4 Å². The van der Waals surface area contributed by atoms with Crippen LogP contribution in [0.25, 0.3) is 5.57 Å². The maximum absolute atomic E-state index is 12.3. The average Bonchev–Trinajstić information content (AvgIpc) is 3.01. The molecular formula is C22H25NO2. The summed E-state index contributed by atoms with van der Waals surface area (Å²) in [4.78, 5) is 14.0. The maximum atomic E-state index is 12.3. The number of amides is 1. The van der Waals surface area contributed by atoms with Crippen LogP contribution in [0.4, 0.5) is 4.79 Å². The van der Waals surface area contributed by atoms with Crippen LogP contribution in [0.2, 0.25) is 0 Å².